The summed E-state index contributed by atoms with van der Waals surface area (Å²) in [6.45, 7) is 1.96. The smallest absolute Gasteiger partial charge is 0.226 e. The molecule has 5 nitrogen and oxygen atoms in total. The normalized spacial score (nSPS) is 17.6. The van der Waals surface area contributed by atoms with Gasteiger partial charge in [-0.05, 0) is 30.7 Å². The number of nitrogens with zero attached hydrogens (tertiary/aromatic N) is 4. The first kappa shape index (κ1) is 14.9. The molecule has 22 heavy (non-hydrogen) atoms. The Bertz CT molecular complexity index is 646. The molecule has 0 amide bonds. The minimum atomic E-state index is 0.379. The third-order valence-electron chi connectivity index (χ3n) is 3.76. The molecule has 1 aromatic carbocycles. The summed E-state index contributed by atoms with van der Waals surface area (Å²) in [5.41, 5.74) is 1.17. The van der Waals surface area contributed by atoms with Crippen LogP contribution in [-0.4, -0.2) is 43.2 Å². The zero-order valence-electron chi connectivity index (χ0n) is 12.8. The molecular weight excluding hydrogens is 298 g/mol. The van der Waals surface area contributed by atoms with E-state index in [1.54, 1.807) is 6.20 Å². The number of nitrogens with one attached hydrogen (secondary N) is 1. The summed E-state index contributed by atoms with van der Waals surface area (Å²) in [7, 11) is 3.88. The Hall–Kier alpha value is -2.01. The molecule has 2 heterocycles. The highest BCUT2D eigenvalue weighted by atomic mass is 35.5. The Labute approximate surface area is 135 Å². The Morgan fingerprint density at radius 2 is 2.18 bits per heavy atom. The maximum absolute atomic E-state index is 6.07. The number of aromatic nitrogens is 2. The van der Waals surface area contributed by atoms with E-state index in [4.69, 9.17) is 11.6 Å². The highest BCUT2D eigenvalue weighted by Gasteiger charge is 2.23. The van der Waals surface area contributed by atoms with Crippen molar-refractivity contribution in [2.24, 2.45) is 0 Å². The second-order valence-corrected chi connectivity index (χ2v) is 6.13. The average Bonchev–Trinajstić information content (AvgIpc) is 2.96. The highest BCUT2D eigenvalue weighted by Crippen LogP contribution is 2.24. The molecular formula is C16H20ClN5. The molecule has 1 atom stereocenters. The van der Waals surface area contributed by atoms with Gasteiger partial charge >= 0.3 is 0 Å². The molecule has 2 aromatic rings. The van der Waals surface area contributed by atoms with E-state index in [-0.39, 0.29) is 0 Å². The molecule has 6 heteroatoms. The molecule has 1 N–H and O–H groups in total. The van der Waals surface area contributed by atoms with Crippen molar-refractivity contribution in [3.05, 3.63) is 41.6 Å². The second-order valence-electron chi connectivity index (χ2n) is 5.69. The minimum Gasteiger partial charge on any atom is -0.369 e. The summed E-state index contributed by atoms with van der Waals surface area (Å²) < 4.78 is 0. The first-order chi connectivity index (χ1) is 10.6. The van der Waals surface area contributed by atoms with Crippen LogP contribution in [0.4, 0.5) is 17.5 Å². The van der Waals surface area contributed by atoms with Crippen molar-refractivity contribution in [3.8, 4) is 0 Å². The molecule has 1 aliphatic heterocycles. The SMILES string of the molecule is CN(C)c1nccc(NC2CCN(c3cccc(Cl)c3)C2)n1. The second kappa shape index (κ2) is 6.40. The van der Waals surface area contributed by atoms with Gasteiger partial charge in [0.05, 0.1) is 0 Å². The molecule has 1 aromatic heterocycles. The molecule has 0 saturated carbocycles. The van der Waals surface area contributed by atoms with E-state index in [9.17, 15) is 0 Å². The van der Waals surface area contributed by atoms with Gasteiger partial charge in [0.25, 0.3) is 0 Å². The van der Waals surface area contributed by atoms with Crippen molar-refractivity contribution in [3.63, 3.8) is 0 Å². The number of benzene rings is 1. The molecule has 0 bridgehead atoms. The molecule has 1 fully saturated rings. The number of hydrogen-bond acceptors (Lipinski definition) is 5. The lowest BCUT2D eigenvalue weighted by atomic mass is 10.2. The summed E-state index contributed by atoms with van der Waals surface area (Å²) in [6, 6.07) is 10.3. The van der Waals surface area contributed by atoms with Gasteiger partial charge in [0, 0.05) is 50.1 Å². The first-order valence-electron chi connectivity index (χ1n) is 7.39. The number of anilines is 3. The Balaban J connectivity index is 1.65. The van der Waals surface area contributed by atoms with E-state index in [1.165, 1.54) is 5.69 Å². The molecule has 1 aliphatic rings. The van der Waals surface area contributed by atoms with Gasteiger partial charge in [0.2, 0.25) is 5.95 Å². The zero-order valence-corrected chi connectivity index (χ0v) is 13.6. The highest BCUT2D eigenvalue weighted by molar-refractivity contribution is 6.30. The molecule has 0 radical (unpaired) electrons. The van der Waals surface area contributed by atoms with Crippen LogP contribution >= 0.6 is 11.6 Å². The van der Waals surface area contributed by atoms with Crippen LogP contribution in [0.1, 0.15) is 6.42 Å². The Morgan fingerprint density at radius 1 is 1.32 bits per heavy atom. The maximum atomic E-state index is 6.07. The number of hydrogen-bond donors (Lipinski definition) is 1. The molecule has 1 unspecified atom stereocenters. The largest absolute Gasteiger partial charge is 0.369 e. The predicted molar refractivity (Wildman–Crippen MR) is 92.1 cm³/mol. The minimum absolute atomic E-state index is 0.379. The quantitative estimate of drug-likeness (QED) is 0.939. The van der Waals surface area contributed by atoms with Gasteiger partial charge in [-0.25, -0.2) is 4.98 Å². The summed E-state index contributed by atoms with van der Waals surface area (Å²) in [5.74, 6) is 1.59. The van der Waals surface area contributed by atoms with Crippen LogP contribution < -0.4 is 15.1 Å². The van der Waals surface area contributed by atoms with Crippen molar-refractivity contribution >= 4 is 29.1 Å². The Morgan fingerprint density at radius 3 is 2.95 bits per heavy atom. The zero-order chi connectivity index (χ0) is 15.5. The first-order valence-corrected chi connectivity index (χ1v) is 7.77. The van der Waals surface area contributed by atoms with Crippen LogP contribution in [0.25, 0.3) is 0 Å². The molecule has 3 rings (SSSR count). The van der Waals surface area contributed by atoms with Crippen LogP contribution in [0.5, 0.6) is 0 Å². The van der Waals surface area contributed by atoms with E-state index in [0.29, 0.717) is 6.04 Å². The lowest BCUT2D eigenvalue weighted by Gasteiger charge is -2.20. The van der Waals surface area contributed by atoms with Crippen molar-refractivity contribution in [1.82, 2.24) is 9.97 Å². The monoisotopic (exact) mass is 317 g/mol. The van der Waals surface area contributed by atoms with E-state index >= 15 is 0 Å². The fourth-order valence-electron chi connectivity index (χ4n) is 2.64. The molecule has 0 aliphatic carbocycles. The fourth-order valence-corrected chi connectivity index (χ4v) is 2.82. The van der Waals surface area contributed by atoms with Crippen LogP contribution in [-0.2, 0) is 0 Å². The van der Waals surface area contributed by atoms with Gasteiger partial charge in [0.1, 0.15) is 5.82 Å². The van der Waals surface area contributed by atoms with Gasteiger partial charge in [0.15, 0.2) is 0 Å². The third kappa shape index (κ3) is 3.42. The lowest BCUT2D eigenvalue weighted by molar-refractivity contribution is 0.798. The maximum Gasteiger partial charge on any atom is 0.226 e. The predicted octanol–water partition coefficient (Wildman–Crippen LogP) is 2.89. The number of halogens is 1. The van der Waals surface area contributed by atoms with E-state index < -0.39 is 0 Å². The summed E-state index contributed by atoms with van der Waals surface area (Å²) in [5, 5.41) is 4.28. The van der Waals surface area contributed by atoms with Gasteiger partial charge in [-0.1, -0.05) is 17.7 Å². The molecule has 1 saturated heterocycles. The van der Waals surface area contributed by atoms with Crippen molar-refractivity contribution < 1.29 is 0 Å². The van der Waals surface area contributed by atoms with Crippen molar-refractivity contribution in [1.29, 1.82) is 0 Å². The van der Waals surface area contributed by atoms with Crippen molar-refractivity contribution in [2.75, 3.05) is 42.3 Å². The van der Waals surface area contributed by atoms with Crippen LogP contribution in [0.15, 0.2) is 36.5 Å². The number of rotatable bonds is 4. The summed E-state index contributed by atoms with van der Waals surface area (Å²) in [6.07, 6.45) is 2.86. The lowest BCUT2D eigenvalue weighted by Crippen LogP contribution is -2.26. The van der Waals surface area contributed by atoms with Gasteiger partial charge in [-0.15, -0.1) is 0 Å². The van der Waals surface area contributed by atoms with Crippen molar-refractivity contribution in [2.45, 2.75) is 12.5 Å². The van der Waals surface area contributed by atoms with E-state index in [0.717, 1.165) is 36.3 Å². The molecule has 0 spiro atoms. The standard InChI is InChI=1S/C16H20ClN5/c1-21(2)16-18-8-6-15(20-16)19-13-7-9-22(11-13)14-5-3-4-12(17)10-14/h3-6,8,10,13H,7,9,11H2,1-2H3,(H,18,19,20). The van der Waals surface area contributed by atoms with Crippen LogP contribution in [0, 0.1) is 0 Å². The topological polar surface area (TPSA) is 44.3 Å². The van der Waals surface area contributed by atoms with Gasteiger partial charge in [-0.2, -0.15) is 4.98 Å². The van der Waals surface area contributed by atoms with E-state index in [1.807, 2.05) is 43.3 Å². The van der Waals surface area contributed by atoms with Crippen LogP contribution in [0.3, 0.4) is 0 Å². The fraction of sp³-hybridized carbons (Fsp3) is 0.375. The average molecular weight is 318 g/mol. The third-order valence-corrected chi connectivity index (χ3v) is 3.99. The summed E-state index contributed by atoms with van der Waals surface area (Å²) >= 11 is 6.07. The Kier molecular flexibility index (Phi) is 4.34. The van der Waals surface area contributed by atoms with E-state index in [2.05, 4.69) is 26.3 Å². The van der Waals surface area contributed by atoms with Gasteiger partial charge < -0.3 is 15.1 Å². The van der Waals surface area contributed by atoms with Gasteiger partial charge in [-0.3, -0.25) is 0 Å². The summed E-state index contributed by atoms with van der Waals surface area (Å²) in [4.78, 5) is 13.0. The van der Waals surface area contributed by atoms with Crippen LogP contribution in [0.2, 0.25) is 5.02 Å². The molecule has 116 valence electrons.